The van der Waals surface area contributed by atoms with E-state index in [0.717, 1.165) is 15.3 Å². The first-order valence-corrected chi connectivity index (χ1v) is 12.4. The minimum atomic E-state index is -0.0446. The highest BCUT2D eigenvalue weighted by molar-refractivity contribution is 7.11. The van der Waals surface area contributed by atoms with Gasteiger partial charge in [-0.2, -0.15) is 0 Å². The molecule has 5 nitrogen and oxygen atoms in total. The van der Waals surface area contributed by atoms with E-state index in [4.69, 9.17) is 4.74 Å². The Labute approximate surface area is 198 Å². The molecule has 0 aliphatic carbocycles. The van der Waals surface area contributed by atoms with E-state index in [-0.39, 0.29) is 18.4 Å². The van der Waals surface area contributed by atoms with E-state index >= 15 is 0 Å². The Morgan fingerprint density at radius 1 is 0.906 bits per heavy atom. The summed E-state index contributed by atoms with van der Waals surface area (Å²) in [6.07, 6.45) is 1.02. The number of carbonyl (C=O) groups excluding carboxylic acids is 2. The predicted molar refractivity (Wildman–Crippen MR) is 131 cm³/mol. The van der Waals surface area contributed by atoms with Crippen LogP contribution >= 0.6 is 22.7 Å². The van der Waals surface area contributed by atoms with Crippen LogP contribution in [0.5, 0.6) is 0 Å². The number of aryl methyl sites for hydroxylation is 1. The lowest BCUT2D eigenvalue weighted by molar-refractivity contribution is -0.141. The van der Waals surface area contributed by atoms with E-state index in [1.807, 2.05) is 52.7 Å². The van der Waals surface area contributed by atoms with Crippen molar-refractivity contribution in [3.05, 3.63) is 80.2 Å². The second kappa shape index (κ2) is 12.5. The van der Waals surface area contributed by atoms with E-state index in [1.165, 1.54) is 4.88 Å². The van der Waals surface area contributed by atoms with Crippen LogP contribution in [0, 0.1) is 6.92 Å². The lowest BCUT2D eigenvalue weighted by Crippen LogP contribution is -2.43. The molecule has 0 atom stereocenters. The minimum Gasteiger partial charge on any atom is -0.385 e. The number of hydrogen-bond donors (Lipinski definition) is 0. The molecule has 0 aliphatic heterocycles. The van der Waals surface area contributed by atoms with Crippen LogP contribution in [0.4, 0.5) is 0 Å². The van der Waals surface area contributed by atoms with Crippen LogP contribution in [0.1, 0.15) is 26.6 Å². The van der Waals surface area contributed by atoms with Gasteiger partial charge in [0.15, 0.2) is 0 Å². The number of carbonyl (C=O) groups is 2. The Morgan fingerprint density at radius 2 is 1.72 bits per heavy atom. The summed E-state index contributed by atoms with van der Waals surface area (Å²) in [6.45, 7) is 4.25. The van der Waals surface area contributed by atoms with Crippen LogP contribution in [0.2, 0.25) is 0 Å². The van der Waals surface area contributed by atoms with Gasteiger partial charge >= 0.3 is 0 Å². The van der Waals surface area contributed by atoms with Crippen molar-refractivity contribution in [3.8, 4) is 0 Å². The molecule has 2 amide bonds. The number of benzene rings is 1. The zero-order chi connectivity index (χ0) is 22.8. The molecule has 170 valence electrons. The van der Waals surface area contributed by atoms with Crippen molar-refractivity contribution in [3.63, 3.8) is 0 Å². The van der Waals surface area contributed by atoms with Gasteiger partial charge in [-0.15, -0.1) is 22.7 Å². The van der Waals surface area contributed by atoms with Crippen LogP contribution in [-0.4, -0.2) is 48.4 Å². The van der Waals surface area contributed by atoms with Gasteiger partial charge in [0, 0.05) is 41.4 Å². The maximum atomic E-state index is 13.4. The van der Waals surface area contributed by atoms with Gasteiger partial charge in [0.1, 0.15) is 0 Å². The van der Waals surface area contributed by atoms with E-state index < -0.39 is 0 Å². The number of ether oxygens (including phenoxy) is 1. The summed E-state index contributed by atoms with van der Waals surface area (Å²) < 4.78 is 5.16. The number of methoxy groups -OCH3 is 1. The summed E-state index contributed by atoms with van der Waals surface area (Å²) in [7, 11) is 1.65. The van der Waals surface area contributed by atoms with Crippen molar-refractivity contribution in [2.75, 3.05) is 26.8 Å². The maximum Gasteiger partial charge on any atom is 0.242 e. The van der Waals surface area contributed by atoms with Crippen LogP contribution in [-0.2, 0) is 33.8 Å². The average molecular weight is 471 g/mol. The molecule has 7 heteroatoms. The van der Waals surface area contributed by atoms with Gasteiger partial charge in [-0.3, -0.25) is 9.59 Å². The SMILES string of the molecule is COCCCN(CC(=O)N(Cc1ccccc1)Cc1ccc(C)s1)C(=O)Cc1cccs1. The first-order chi connectivity index (χ1) is 15.5. The molecule has 2 heterocycles. The van der Waals surface area contributed by atoms with E-state index in [1.54, 1.807) is 34.7 Å². The first-order valence-electron chi connectivity index (χ1n) is 10.7. The van der Waals surface area contributed by atoms with Gasteiger partial charge in [0.25, 0.3) is 0 Å². The van der Waals surface area contributed by atoms with E-state index in [2.05, 4.69) is 19.1 Å². The quantitative estimate of drug-likeness (QED) is 0.359. The normalized spacial score (nSPS) is 10.8. The smallest absolute Gasteiger partial charge is 0.242 e. The van der Waals surface area contributed by atoms with Gasteiger partial charge in [0.05, 0.1) is 19.5 Å². The Morgan fingerprint density at radius 3 is 2.38 bits per heavy atom. The molecule has 0 aliphatic rings. The van der Waals surface area contributed by atoms with Crippen molar-refractivity contribution in [2.24, 2.45) is 0 Å². The van der Waals surface area contributed by atoms with Gasteiger partial charge < -0.3 is 14.5 Å². The Bertz CT molecular complexity index is 970. The molecular formula is C25H30N2O3S2. The number of thiophene rings is 2. The third kappa shape index (κ3) is 7.58. The highest BCUT2D eigenvalue weighted by atomic mass is 32.1. The van der Waals surface area contributed by atoms with E-state index in [9.17, 15) is 9.59 Å². The summed E-state index contributed by atoms with van der Waals surface area (Å²) in [5.41, 5.74) is 1.07. The van der Waals surface area contributed by atoms with Gasteiger partial charge in [-0.25, -0.2) is 0 Å². The largest absolute Gasteiger partial charge is 0.385 e. The zero-order valence-electron chi connectivity index (χ0n) is 18.7. The molecule has 0 unspecified atom stereocenters. The molecule has 1 aromatic carbocycles. The standard InChI is InChI=1S/C25H30N2O3S2/c1-20-11-12-23(32-20)18-27(17-21-8-4-3-5-9-21)25(29)19-26(13-7-14-30-2)24(28)16-22-10-6-15-31-22/h3-6,8-12,15H,7,13-14,16-19H2,1-2H3. The molecule has 0 N–H and O–H groups in total. The molecule has 32 heavy (non-hydrogen) atoms. The summed E-state index contributed by atoms with van der Waals surface area (Å²) in [4.78, 5) is 33.3. The summed E-state index contributed by atoms with van der Waals surface area (Å²) in [6, 6.07) is 18.0. The molecule has 0 bridgehead atoms. The van der Waals surface area contributed by atoms with Crippen LogP contribution in [0.25, 0.3) is 0 Å². The third-order valence-electron chi connectivity index (χ3n) is 5.07. The highest BCUT2D eigenvalue weighted by Crippen LogP contribution is 2.19. The lowest BCUT2D eigenvalue weighted by atomic mass is 10.2. The van der Waals surface area contributed by atoms with Crippen molar-refractivity contribution < 1.29 is 14.3 Å². The fourth-order valence-corrected chi connectivity index (χ4v) is 5.03. The van der Waals surface area contributed by atoms with Crippen molar-refractivity contribution >= 4 is 34.5 Å². The summed E-state index contributed by atoms with van der Waals surface area (Å²) in [5, 5.41) is 1.97. The third-order valence-corrected chi connectivity index (χ3v) is 6.93. The second-order valence-electron chi connectivity index (χ2n) is 7.67. The second-order valence-corrected chi connectivity index (χ2v) is 10.1. The van der Waals surface area contributed by atoms with Crippen LogP contribution < -0.4 is 0 Å². The van der Waals surface area contributed by atoms with Gasteiger partial charge in [-0.05, 0) is 42.5 Å². The highest BCUT2D eigenvalue weighted by Gasteiger charge is 2.22. The van der Waals surface area contributed by atoms with Crippen molar-refractivity contribution in [1.29, 1.82) is 0 Å². The Hall–Kier alpha value is -2.48. The average Bonchev–Trinajstić information content (AvgIpc) is 3.45. The van der Waals surface area contributed by atoms with Gasteiger partial charge in [-0.1, -0.05) is 36.4 Å². The fourth-order valence-electron chi connectivity index (χ4n) is 3.42. The topological polar surface area (TPSA) is 49.9 Å². The molecule has 0 fully saturated rings. The Kier molecular flexibility index (Phi) is 9.46. The molecule has 3 rings (SSSR count). The van der Waals surface area contributed by atoms with Gasteiger partial charge in [0.2, 0.25) is 11.8 Å². The zero-order valence-corrected chi connectivity index (χ0v) is 20.3. The van der Waals surface area contributed by atoms with Crippen LogP contribution in [0.3, 0.4) is 0 Å². The molecule has 3 aromatic rings. The summed E-state index contributed by atoms with van der Waals surface area (Å²) >= 11 is 3.26. The Balaban J connectivity index is 1.73. The number of amides is 2. The fraction of sp³-hybridized carbons (Fsp3) is 0.360. The number of rotatable bonds is 12. The maximum absolute atomic E-state index is 13.4. The molecule has 0 saturated heterocycles. The lowest BCUT2D eigenvalue weighted by Gasteiger charge is -2.28. The predicted octanol–water partition coefficient (Wildman–Crippen LogP) is 4.75. The molecule has 0 saturated carbocycles. The molecule has 2 aromatic heterocycles. The number of nitrogens with zero attached hydrogens (tertiary/aromatic N) is 2. The summed E-state index contributed by atoms with van der Waals surface area (Å²) in [5.74, 6) is -0.0691. The van der Waals surface area contributed by atoms with E-state index in [0.29, 0.717) is 39.1 Å². The molecule has 0 radical (unpaired) electrons. The van der Waals surface area contributed by atoms with Crippen molar-refractivity contribution in [1.82, 2.24) is 9.80 Å². The monoisotopic (exact) mass is 470 g/mol. The van der Waals surface area contributed by atoms with Crippen LogP contribution in [0.15, 0.2) is 60.0 Å². The first kappa shape index (κ1) is 24.2. The molecule has 0 spiro atoms. The minimum absolute atomic E-state index is 0.0245. The van der Waals surface area contributed by atoms with Crippen molar-refractivity contribution in [2.45, 2.75) is 32.9 Å². The molecular weight excluding hydrogens is 440 g/mol. The number of hydrogen-bond acceptors (Lipinski definition) is 5.